The molecule has 12 heteroatoms. The van der Waals surface area contributed by atoms with Crippen LogP contribution in [-0.2, 0) is 5.60 Å². The lowest BCUT2D eigenvalue weighted by molar-refractivity contribution is 0.0743. The molecule has 0 bridgehead atoms. The number of fused-ring (bicyclic) bond motifs is 1. The number of carbonyl (C=O) groups excluding carboxylic acids is 1. The van der Waals surface area contributed by atoms with Gasteiger partial charge < -0.3 is 15.2 Å². The van der Waals surface area contributed by atoms with Gasteiger partial charge in [0.15, 0.2) is 5.82 Å². The zero-order valence-electron chi connectivity index (χ0n) is 22.9. The highest BCUT2D eigenvalue weighted by atomic mass is 35.5. The van der Waals surface area contributed by atoms with Crippen LogP contribution in [0.2, 0.25) is 5.02 Å². The van der Waals surface area contributed by atoms with Crippen molar-refractivity contribution in [1.82, 2.24) is 15.3 Å². The molecular formula is C30H25ClF3N3O3S2. The number of nitrogens with one attached hydrogen (secondary N) is 1. The Hall–Kier alpha value is -3.51. The molecule has 3 aromatic heterocycles. The second-order valence-corrected chi connectivity index (χ2v) is 12.7. The normalized spacial score (nSPS) is 12.5. The topological polar surface area (TPSA) is 84.3 Å². The zero-order chi connectivity index (χ0) is 30.3. The van der Waals surface area contributed by atoms with Crippen LogP contribution in [0.1, 0.15) is 51.3 Å². The molecule has 0 aliphatic carbocycles. The van der Waals surface area contributed by atoms with Gasteiger partial charge in [0.25, 0.3) is 5.91 Å². The molecule has 1 amide bonds. The van der Waals surface area contributed by atoms with E-state index in [1.165, 1.54) is 49.7 Å². The predicted molar refractivity (Wildman–Crippen MR) is 159 cm³/mol. The van der Waals surface area contributed by atoms with E-state index in [9.17, 15) is 18.7 Å². The van der Waals surface area contributed by atoms with Gasteiger partial charge in [-0.05, 0) is 56.5 Å². The summed E-state index contributed by atoms with van der Waals surface area (Å²) in [4.78, 5) is 23.0. The van der Waals surface area contributed by atoms with Crippen molar-refractivity contribution in [3.05, 3.63) is 97.0 Å². The Balaban J connectivity index is 1.57. The van der Waals surface area contributed by atoms with E-state index in [1.807, 2.05) is 24.4 Å². The molecule has 0 radical (unpaired) electrons. The number of ether oxygens (including phenoxy) is 1. The lowest BCUT2D eigenvalue weighted by atomic mass is 9.91. The Bertz CT molecular complexity index is 1800. The number of nitrogens with zero attached hydrogens (tertiary/aromatic N) is 2. The van der Waals surface area contributed by atoms with E-state index in [0.717, 1.165) is 20.7 Å². The van der Waals surface area contributed by atoms with Crippen molar-refractivity contribution in [2.45, 2.75) is 32.3 Å². The number of halogens is 4. The Morgan fingerprint density at radius 1 is 1.14 bits per heavy atom. The first-order valence-electron chi connectivity index (χ1n) is 12.7. The van der Waals surface area contributed by atoms with Crippen LogP contribution in [0.5, 0.6) is 5.75 Å². The third-order valence-electron chi connectivity index (χ3n) is 6.66. The molecule has 5 aromatic rings. The SMILES string of the molecule is COc1cc(C(=O)NCC(c2cc(C(C)(C)O)c(F)c(-c3cc(Cl)c(F)cc3F)n2)c2cccs2)cc2sc(C)nc12. The number of benzene rings is 2. The molecule has 42 heavy (non-hydrogen) atoms. The maximum atomic E-state index is 15.8. The Morgan fingerprint density at radius 3 is 2.57 bits per heavy atom. The Morgan fingerprint density at radius 2 is 1.90 bits per heavy atom. The minimum absolute atomic E-state index is 0.0391. The van der Waals surface area contributed by atoms with Gasteiger partial charge in [-0.2, -0.15) is 0 Å². The summed E-state index contributed by atoms with van der Waals surface area (Å²) in [5, 5.41) is 16.0. The summed E-state index contributed by atoms with van der Waals surface area (Å²) < 4.78 is 50.9. The fourth-order valence-corrected chi connectivity index (χ4v) is 6.48. The van der Waals surface area contributed by atoms with Gasteiger partial charge in [0.2, 0.25) is 0 Å². The van der Waals surface area contributed by atoms with Crippen molar-refractivity contribution in [3.8, 4) is 17.0 Å². The Kier molecular flexibility index (Phi) is 8.30. The highest BCUT2D eigenvalue weighted by Gasteiger charge is 2.30. The number of aromatic nitrogens is 2. The molecule has 6 nitrogen and oxygen atoms in total. The average molecular weight is 632 g/mol. The first kappa shape index (κ1) is 30.0. The molecule has 0 aliphatic heterocycles. The molecule has 3 heterocycles. The van der Waals surface area contributed by atoms with E-state index in [-0.39, 0.29) is 29.3 Å². The molecule has 2 aromatic carbocycles. The van der Waals surface area contributed by atoms with E-state index in [2.05, 4.69) is 15.3 Å². The van der Waals surface area contributed by atoms with Crippen LogP contribution in [0.3, 0.4) is 0 Å². The van der Waals surface area contributed by atoms with Gasteiger partial charge in [-0.25, -0.2) is 23.1 Å². The third-order valence-corrected chi connectivity index (χ3v) is 8.85. The first-order chi connectivity index (χ1) is 19.9. The zero-order valence-corrected chi connectivity index (χ0v) is 25.3. The number of aliphatic hydroxyl groups is 1. The second kappa shape index (κ2) is 11.6. The monoisotopic (exact) mass is 631 g/mol. The van der Waals surface area contributed by atoms with Crippen molar-refractivity contribution in [3.63, 3.8) is 0 Å². The number of carbonyl (C=O) groups is 1. The highest BCUT2D eigenvalue weighted by molar-refractivity contribution is 7.18. The van der Waals surface area contributed by atoms with Gasteiger partial charge in [-0.15, -0.1) is 22.7 Å². The standard InChI is InChI=1S/C30H25ClF3N3O3S2/c1-14-36-28-23(40-4)8-15(9-25(28)42-14)29(38)35-13-17(24-6-5-7-41-24)22-11-18(30(2,3)39)26(34)27(37-22)16-10-19(31)21(33)12-20(16)32/h5-12,17,39H,13H2,1-4H3,(H,35,38). The summed E-state index contributed by atoms with van der Waals surface area (Å²) in [6.07, 6.45) is 0. The summed E-state index contributed by atoms with van der Waals surface area (Å²) in [5.41, 5.74) is -1.33. The molecule has 1 atom stereocenters. The minimum Gasteiger partial charge on any atom is -0.494 e. The van der Waals surface area contributed by atoms with E-state index in [4.69, 9.17) is 16.3 Å². The van der Waals surface area contributed by atoms with Crippen LogP contribution in [0, 0.1) is 24.4 Å². The third kappa shape index (κ3) is 5.87. The Labute approximate surface area is 252 Å². The molecular weight excluding hydrogens is 607 g/mol. The predicted octanol–water partition coefficient (Wildman–Crippen LogP) is 7.60. The number of hydrogen-bond acceptors (Lipinski definition) is 7. The maximum absolute atomic E-state index is 15.8. The number of thiazole rings is 1. The van der Waals surface area contributed by atoms with Crippen molar-refractivity contribution in [2.24, 2.45) is 0 Å². The molecule has 0 spiro atoms. The average Bonchev–Trinajstić information content (AvgIpc) is 3.59. The number of rotatable bonds is 8. The quantitative estimate of drug-likeness (QED) is 0.172. The van der Waals surface area contributed by atoms with E-state index in [0.29, 0.717) is 22.9 Å². The van der Waals surface area contributed by atoms with Gasteiger partial charge in [0.1, 0.15) is 28.6 Å². The van der Waals surface area contributed by atoms with Crippen LogP contribution >= 0.6 is 34.3 Å². The van der Waals surface area contributed by atoms with Gasteiger partial charge >= 0.3 is 0 Å². The molecule has 0 saturated carbocycles. The van der Waals surface area contributed by atoms with Crippen molar-refractivity contribution < 1.29 is 27.8 Å². The fourth-order valence-electron chi connectivity index (χ4n) is 4.59. The van der Waals surface area contributed by atoms with Gasteiger partial charge in [-0.1, -0.05) is 17.7 Å². The molecule has 2 N–H and O–H groups in total. The number of pyridine rings is 1. The number of amides is 1. The molecule has 0 aliphatic rings. The summed E-state index contributed by atoms with van der Waals surface area (Å²) in [6.45, 7) is 4.68. The summed E-state index contributed by atoms with van der Waals surface area (Å²) >= 11 is 8.73. The lowest BCUT2D eigenvalue weighted by Gasteiger charge is -2.24. The fraction of sp³-hybridized carbons (Fsp3) is 0.233. The number of hydrogen-bond donors (Lipinski definition) is 2. The van der Waals surface area contributed by atoms with Crippen LogP contribution in [0.15, 0.2) is 47.8 Å². The van der Waals surface area contributed by atoms with Gasteiger partial charge in [0, 0.05) is 34.2 Å². The van der Waals surface area contributed by atoms with Crippen molar-refractivity contribution >= 4 is 50.4 Å². The number of thiophene rings is 1. The molecule has 218 valence electrons. The van der Waals surface area contributed by atoms with Crippen LogP contribution in [0.4, 0.5) is 13.2 Å². The van der Waals surface area contributed by atoms with Gasteiger partial charge in [-0.3, -0.25) is 4.79 Å². The highest BCUT2D eigenvalue weighted by Crippen LogP contribution is 2.37. The lowest BCUT2D eigenvalue weighted by Crippen LogP contribution is -2.29. The smallest absolute Gasteiger partial charge is 0.251 e. The minimum atomic E-state index is -1.68. The van der Waals surface area contributed by atoms with E-state index < -0.39 is 39.7 Å². The molecule has 0 saturated heterocycles. The summed E-state index contributed by atoms with van der Waals surface area (Å²) in [6, 6.07) is 9.91. The van der Waals surface area contributed by atoms with E-state index >= 15 is 4.39 Å². The van der Waals surface area contributed by atoms with Crippen molar-refractivity contribution in [2.75, 3.05) is 13.7 Å². The number of methoxy groups -OCH3 is 1. The number of aryl methyl sites for hydroxylation is 1. The van der Waals surface area contributed by atoms with Crippen LogP contribution in [0.25, 0.3) is 21.5 Å². The molecule has 1 unspecified atom stereocenters. The van der Waals surface area contributed by atoms with E-state index in [1.54, 1.807) is 12.1 Å². The van der Waals surface area contributed by atoms with Gasteiger partial charge in [0.05, 0.1) is 39.1 Å². The largest absolute Gasteiger partial charge is 0.494 e. The molecule has 5 rings (SSSR count). The second-order valence-electron chi connectivity index (χ2n) is 10.1. The van der Waals surface area contributed by atoms with Crippen LogP contribution in [-0.4, -0.2) is 34.6 Å². The first-order valence-corrected chi connectivity index (χ1v) is 14.8. The maximum Gasteiger partial charge on any atom is 0.251 e. The van der Waals surface area contributed by atoms with Crippen LogP contribution < -0.4 is 10.1 Å². The summed E-state index contributed by atoms with van der Waals surface area (Å²) in [7, 11) is 1.51. The molecule has 0 fully saturated rings. The van der Waals surface area contributed by atoms with Crippen molar-refractivity contribution in [1.29, 1.82) is 0 Å². The summed E-state index contributed by atoms with van der Waals surface area (Å²) in [5.74, 6) is -3.56.